The molecule has 6 heteroatoms. The number of rotatable bonds is 4. The first-order chi connectivity index (χ1) is 10.6. The molecule has 0 unspecified atom stereocenters. The number of fused-ring (bicyclic) bond motifs is 2. The Hall–Kier alpha value is -1.49. The average Bonchev–Trinajstić information content (AvgIpc) is 2.57. The second-order valence-electron chi connectivity index (χ2n) is 4.64. The van der Waals surface area contributed by atoms with E-state index in [4.69, 9.17) is 27.9 Å². The van der Waals surface area contributed by atoms with Gasteiger partial charge in [-0.05, 0) is 36.4 Å². The monoisotopic (exact) mass is 352 g/mol. The maximum atomic E-state index is 11.7. The summed E-state index contributed by atoms with van der Waals surface area (Å²) < 4.78 is 5.82. The fourth-order valence-corrected chi connectivity index (χ4v) is 3.36. The number of hydrogen-bond donors (Lipinski definition) is 0. The topological polar surface area (TPSA) is 43.4 Å². The van der Waals surface area contributed by atoms with Crippen molar-refractivity contribution in [2.24, 2.45) is 0 Å². The van der Waals surface area contributed by atoms with E-state index in [0.717, 1.165) is 9.79 Å². The fraction of sp³-hybridized carbons (Fsp3) is 0.125. The minimum Gasteiger partial charge on any atom is -0.455 e. The van der Waals surface area contributed by atoms with Crippen LogP contribution in [-0.4, -0.2) is 23.3 Å². The molecule has 0 fully saturated rings. The highest BCUT2D eigenvalue weighted by Gasteiger charge is 2.20. The zero-order chi connectivity index (χ0) is 15.7. The van der Waals surface area contributed by atoms with Crippen LogP contribution in [0.25, 0.3) is 0 Å². The minimum absolute atomic E-state index is 0.0508. The van der Waals surface area contributed by atoms with Crippen molar-refractivity contribution >= 4 is 46.5 Å². The minimum atomic E-state index is -0.146. The summed E-state index contributed by atoms with van der Waals surface area (Å²) in [7, 11) is 0. The van der Waals surface area contributed by atoms with Gasteiger partial charge in [-0.3, -0.25) is 9.59 Å². The number of ketones is 2. The molecule has 0 aliphatic carbocycles. The Morgan fingerprint density at radius 1 is 0.864 bits per heavy atom. The number of alkyl halides is 2. The van der Waals surface area contributed by atoms with Gasteiger partial charge in [-0.15, -0.1) is 23.2 Å². The van der Waals surface area contributed by atoms with Gasteiger partial charge in [0, 0.05) is 11.1 Å². The first-order valence-corrected chi connectivity index (χ1v) is 8.33. The molecule has 2 aromatic carbocycles. The van der Waals surface area contributed by atoms with E-state index in [1.54, 1.807) is 30.3 Å². The molecule has 1 aliphatic rings. The van der Waals surface area contributed by atoms with Gasteiger partial charge in [-0.25, -0.2) is 0 Å². The first-order valence-electron chi connectivity index (χ1n) is 6.44. The average molecular weight is 353 g/mol. The lowest BCUT2D eigenvalue weighted by molar-refractivity contribution is 0.101. The highest BCUT2D eigenvalue weighted by atomic mass is 35.5. The highest BCUT2D eigenvalue weighted by molar-refractivity contribution is 7.99. The molecule has 0 spiro atoms. The standard InChI is InChI=1S/C16H10Cl2O3S/c17-7-11(19)9-2-4-15-14(5-9)21-13-3-1-10(12(20)8-18)6-16(13)22-15/h1-6H,7-8H2. The van der Waals surface area contributed by atoms with Gasteiger partial charge in [0.15, 0.2) is 11.6 Å². The maximum absolute atomic E-state index is 11.7. The Labute approximate surface area is 141 Å². The molecule has 0 amide bonds. The molecule has 1 aliphatic heterocycles. The number of ether oxygens (including phenoxy) is 1. The molecular weight excluding hydrogens is 343 g/mol. The quantitative estimate of drug-likeness (QED) is 0.500. The van der Waals surface area contributed by atoms with Crippen molar-refractivity contribution < 1.29 is 14.3 Å². The molecule has 2 aromatic rings. The third-order valence-electron chi connectivity index (χ3n) is 3.21. The molecule has 0 atom stereocenters. The second kappa shape index (κ2) is 6.32. The normalized spacial score (nSPS) is 12.1. The van der Waals surface area contributed by atoms with Crippen LogP contribution >= 0.6 is 35.0 Å². The van der Waals surface area contributed by atoms with Crippen molar-refractivity contribution in [3.63, 3.8) is 0 Å². The summed E-state index contributed by atoms with van der Waals surface area (Å²) in [6, 6.07) is 10.4. The summed E-state index contributed by atoms with van der Waals surface area (Å²) in [5, 5.41) is 0. The third-order valence-corrected chi connectivity index (χ3v) is 4.80. The van der Waals surface area contributed by atoms with E-state index in [0.29, 0.717) is 22.6 Å². The third kappa shape index (κ3) is 2.86. The summed E-state index contributed by atoms with van der Waals surface area (Å²) in [6.07, 6.45) is 0. The van der Waals surface area contributed by atoms with Crippen LogP contribution < -0.4 is 4.74 Å². The predicted molar refractivity (Wildman–Crippen MR) is 87.2 cm³/mol. The van der Waals surface area contributed by atoms with E-state index in [2.05, 4.69) is 0 Å². The lowest BCUT2D eigenvalue weighted by atomic mass is 10.1. The van der Waals surface area contributed by atoms with Gasteiger partial charge in [0.25, 0.3) is 0 Å². The van der Waals surface area contributed by atoms with Gasteiger partial charge < -0.3 is 4.74 Å². The summed E-state index contributed by atoms with van der Waals surface area (Å²) in [5.41, 5.74) is 1.08. The molecule has 0 radical (unpaired) electrons. The van der Waals surface area contributed by atoms with Crippen LogP contribution in [0.2, 0.25) is 0 Å². The van der Waals surface area contributed by atoms with Crippen molar-refractivity contribution in [3.8, 4) is 11.5 Å². The zero-order valence-electron chi connectivity index (χ0n) is 11.3. The van der Waals surface area contributed by atoms with Crippen molar-refractivity contribution in [1.29, 1.82) is 0 Å². The molecular formula is C16H10Cl2O3S. The van der Waals surface area contributed by atoms with E-state index < -0.39 is 0 Å². The number of Topliss-reactive ketones (excluding diaryl/α,β-unsaturated/α-hetero) is 2. The van der Waals surface area contributed by atoms with Crippen LogP contribution in [0.3, 0.4) is 0 Å². The molecule has 22 heavy (non-hydrogen) atoms. The molecule has 0 saturated carbocycles. The van der Waals surface area contributed by atoms with Crippen LogP contribution in [0.5, 0.6) is 11.5 Å². The van der Waals surface area contributed by atoms with Crippen LogP contribution in [0.4, 0.5) is 0 Å². The van der Waals surface area contributed by atoms with E-state index in [1.165, 1.54) is 11.8 Å². The lowest BCUT2D eigenvalue weighted by Gasteiger charge is -2.20. The maximum Gasteiger partial charge on any atom is 0.177 e. The molecule has 3 rings (SSSR count). The summed E-state index contributed by atoms with van der Waals surface area (Å²) in [6.45, 7) is 0. The highest BCUT2D eigenvalue weighted by Crippen LogP contribution is 2.47. The van der Waals surface area contributed by atoms with Gasteiger partial charge in [0.05, 0.1) is 21.6 Å². The Morgan fingerprint density at radius 3 is 2.18 bits per heavy atom. The predicted octanol–water partition coefficient (Wildman–Crippen LogP) is 4.79. The summed E-state index contributed by atoms with van der Waals surface area (Å²) >= 11 is 12.6. The molecule has 0 aromatic heterocycles. The Morgan fingerprint density at radius 2 is 1.50 bits per heavy atom. The smallest absolute Gasteiger partial charge is 0.177 e. The number of carbonyl (C=O) groups is 2. The van der Waals surface area contributed by atoms with Crippen LogP contribution in [-0.2, 0) is 0 Å². The van der Waals surface area contributed by atoms with Gasteiger partial charge in [0.2, 0.25) is 0 Å². The van der Waals surface area contributed by atoms with E-state index >= 15 is 0 Å². The molecule has 0 saturated heterocycles. The second-order valence-corrected chi connectivity index (χ2v) is 6.26. The first kappa shape index (κ1) is 15.4. The van der Waals surface area contributed by atoms with Crippen molar-refractivity contribution in [3.05, 3.63) is 47.5 Å². The fourth-order valence-electron chi connectivity index (χ4n) is 2.08. The van der Waals surface area contributed by atoms with Gasteiger partial charge >= 0.3 is 0 Å². The number of hydrogen-bond acceptors (Lipinski definition) is 4. The van der Waals surface area contributed by atoms with E-state index in [9.17, 15) is 9.59 Å². The molecule has 1 heterocycles. The molecule has 0 bridgehead atoms. The van der Waals surface area contributed by atoms with Crippen molar-refractivity contribution in [2.75, 3.05) is 11.8 Å². The molecule has 0 N–H and O–H groups in total. The summed E-state index contributed by atoms with van der Waals surface area (Å²) in [5.74, 6) is 0.881. The lowest BCUT2D eigenvalue weighted by Crippen LogP contribution is -2.04. The van der Waals surface area contributed by atoms with Crippen LogP contribution in [0, 0.1) is 0 Å². The largest absolute Gasteiger partial charge is 0.455 e. The Bertz CT molecular complexity index is 708. The van der Waals surface area contributed by atoms with Crippen molar-refractivity contribution in [2.45, 2.75) is 9.79 Å². The van der Waals surface area contributed by atoms with Gasteiger partial charge in [-0.1, -0.05) is 11.8 Å². The Balaban J connectivity index is 1.95. The number of carbonyl (C=O) groups excluding carboxylic acids is 2. The SMILES string of the molecule is O=C(CCl)c1ccc2c(c1)Oc1ccc(C(=O)CCl)cc1S2. The van der Waals surface area contributed by atoms with Crippen LogP contribution in [0.1, 0.15) is 20.7 Å². The molecule has 112 valence electrons. The van der Waals surface area contributed by atoms with Crippen LogP contribution in [0.15, 0.2) is 46.2 Å². The van der Waals surface area contributed by atoms with Gasteiger partial charge in [0.1, 0.15) is 11.5 Å². The summed E-state index contributed by atoms with van der Waals surface area (Å²) in [4.78, 5) is 25.0. The molecule has 3 nitrogen and oxygen atoms in total. The zero-order valence-corrected chi connectivity index (χ0v) is 13.6. The Kier molecular flexibility index (Phi) is 4.43. The van der Waals surface area contributed by atoms with E-state index in [1.807, 2.05) is 6.07 Å². The number of benzene rings is 2. The van der Waals surface area contributed by atoms with E-state index in [-0.39, 0.29) is 23.3 Å². The number of halogens is 2. The van der Waals surface area contributed by atoms with Gasteiger partial charge in [-0.2, -0.15) is 0 Å². The van der Waals surface area contributed by atoms with Crippen molar-refractivity contribution in [1.82, 2.24) is 0 Å².